The van der Waals surface area contributed by atoms with Crippen molar-refractivity contribution in [1.29, 1.82) is 0 Å². The Morgan fingerprint density at radius 1 is 1.05 bits per heavy atom. The molecule has 0 saturated carbocycles. The van der Waals surface area contributed by atoms with E-state index in [1.54, 1.807) is 18.2 Å². The topological polar surface area (TPSA) is 104 Å². The van der Waals surface area contributed by atoms with Gasteiger partial charge >= 0.3 is 0 Å². The fourth-order valence-electron chi connectivity index (χ4n) is 8.12. The Labute approximate surface area is 242 Å². The zero-order valence-electron chi connectivity index (χ0n) is 23.1. The van der Waals surface area contributed by atoms with Crippen molar-refractivity contribution in [2.24, 2.45) is 11.8 Å². The van der Waals surface area contributed by atoms with Crippen LogP contribution in [0.1, 0.15) is 35.6 Å². The molecule has 9 heteroatoms. The SMILES string of the molecule is O=C([C@@H]1Cc2cc([N+](=O)[O-])ccc2N2C[C@@H]3C[C@H](Cn4c3cccc4=O)[C@@H]12)N1CC=C(c2c[nH]c3ccccc23)CC1. The van der Waals surface area contributed by atoms with Crippen molar-refractivity contribution in [3.63, 3.8) is 0 Å². The number of nitro groups is 1. The maximum atomic E-state index is 14.4. The van der Waals surface area contributed by atoms with E-state index in [1.165, 1.54) is 16.5 Å². The molecular weight excluding hydrogens is 530 g/mol. The number of amides is 1. The molecule has 212 valence electrons. The Balaban J connectivity index is 1.14. The third-order valence-corrected chi connectivity index (χ3v) is 9.97. The fraction of sp³-hybridized carbons (Fsp3) is 0.333. The van der Waals surface area contributed by atoms with Crippen molar-refractivity contribution < 1.29 is 9.72 Å². The second-order valence-electron chi connectivity index (χ2n) is 12.1. The summed E-state index contributed by atoms with van der Waals surface area (Å²) in [6, 6.07) is 18.8. The molecule has 4 aliphatic rings. The minimum Gasteiger partial charge on any atom is -0.366 e. The third-order valence-electron chi connectivity index (χ3n) is 9.97. The molecule has 0 spiro atoms. The lowest BCUT2D eigenvalue weighted by Gasteiger charge is -2.54. The van der Waals surface area contributed by atoms with Crippen LogP contribution in [0.25, 0.3) is 16.5 Å². The van der Waals surface area contributed by atoms with E-state index in [-0.39, 0.29) is 45.9 Å². The number of hydrogen-bond acceptors (Lipinski definition) is 5. The first kappa shape index (κ1) is 25.1. The number of fused-ring (bicyclic) bond motifs is 9. The number of aromatic nitrogens is 2. The summed E-state index contributed by atoms with van der Waals surface area (Å²) < 4.78 is 1.90. The fourth-order valence-corrected chi connectivity index (χ4v) is 8.12. The van der Waals surface area contributed by atoms with Gasteiger partial charge in [0.05, 0.1) is 10.8 Å². The number of benzene rings is 2. The molecule has 6 heterocycles. The first-order valence-corrected chi connectivity index (χ1v) is 14.7. The molecule has 1 amide bonds. The highest BCUT2D eigenvalue weighted by molar-refractivity contribution is 5.93. The molecule has 1 fully saturated rings. The number of H-pyrrole nitrogens is 1. The molecular formula is C33H31N5O4. The molecule has 42 heavy (non-hydrogen) atoms. The Kier molecular flexibility index (Phi) is 5.64. The second kappa shape index (κ2) is 9.44. The summed E-state index contributed by atoms with van der Waals surface area (Å²) in [6.45, 7) is 2.44. The number of piperidine rings is 1. The predicted molar refractivity (Wildman–Crippen MR) is 160 cm³/mol. The number of non-ortho nitro benzene ring substituents is 1. The van der Waals surface area contributed by atoms with Gasteiger partial charge in [0, 0.05) is 90.4 Å². The van der Waals surface area contributed by atoms with Gasteiger partial charge in [0.2, 0.25) is 5.91 Å². The minimum absolute atomic E-state index is 0.0105. The number of hydrogen-bond donors (Lipinski definition) is 1. The Morgan fingerprint density at radius 3 is 2.76 bits per heavy atom. The normalized spacial score (nSPS) is 24.4. The van der Waals surface area contributed by atoms with Gasteiger partial charge in [-0.1, -0.05) is 30.3 Å². The number of aromatic amines is 1. The molecule has 2 aromatic heterocycles. The molecule has 4 aromatic rings. The van der Waals surface area contributed by atoms with E-state index >= 15 is 0 Å². The second-order valence-corrected chi connectivity index (χ2v) is 12.1. The number of nitrogens with zero attached hydrogens (tertiary/aromatic N) is 4. The van der Waals surface area contributed by atoms with E-state index < -0.39 is 0 Å². The number of nitro benzene ring substituents is 1. The summed E-state index contributed by atoms with van der Waals surface area (Å²) in [7, 11) is 0. The van der Waals surface area contributed by atoms with Crippen LogP contribution in [0.15, 0.2) is 77.7 Å². The molecule has 2 aromatic carbocycles. The van der Waals surface area contributed by atoms with Crippen molar-refractivity contribution in [1.82, 2.24) is 14.5 Å². The van der Waals surface area contributed by atoms with Gasteiger partial charge in [-0.15, -0.1) is 0 Å². The molecule has 8 rings (SSSR count). The third kappa shape index (κ3) is 3.83. The zero-order valence-corrected chi connectivity index (χ0v) is 23.1. The van der Waals surface area contributed by atoms with Crippen molar-refractivity contribution in [3.05, 3.63) is 110 Å². The van der Waals surface area contributed by atoms with Crippen LogP contribution in [0.4, 0.5) is 11.4 Å². The highest BCUT2D eigenvalue weighted by atomic mass is 16.6. The lowest BCUT2D eigenvalue weighted by Crippen LogP contribution is -2.61. The molecule has 0 aliphatic carbocycles. The molecule has 0 unspecified atom stereocenters. The average molecular weight is 562 g/mol. The Morgan fingerprint density at radius 2 is 1.93 bits per heavy atom. The quantitative estimate of drug-likeness (QED) is 0.288. The monoisotopic (exact) mass is 561 g/mol. The van der Waals surface area contributed by atoms with Gasteiger partial charge in [-0.25, -0.2) is 0 Å². The van der Waals surface area contributed by atoms with Crippen LogP contribution in [0.3, 0.4) is 0 Å². The molecule has 1 N–H and O–H groups in total. The number of para-hydroxylation sites is 1. The molecule has 4 aliphatic heterocycles. The van der Waals surface area contributed by atoms with E-state index in [0.717, 1.165) is 35.3 Å². The molecule has 2 bridgehead atoms. The molecule has 0 radical (unpaired) electrons. The Hall–Kier alpha value is -4.66. The van der Waals surface area contributed by atoms with Crippen LogP contribution in [0.2, 0.25) is 0 Å². The Bertz CT molecular complexity index is 1850. The minimum atomic E-state index is -0.363. The summed E-state index contributed by atoms with van der Waals surface area (Å²) in [5.41, 5.74) is 6.48. The van der Waals surface area contributed by atoms with Crippen molar-refractivity contribution in [2.75, 3.05) is 24.5 Å². The molecule has 4 atom stereocenters. The summed E-state index contributed by atoms with van der Waals surface area (Å²) in [4.78, 5) is 46.1. The number of carbonyl (C=O) groups is 1. The van der Waals surface area contributed by atoms with Crippen molar-refractivity contribution in [2.45, 2.75) is 37.8 Å². The molecule has 1 saturated heterocycles. The van der Waals surface area contributed by atoms with Crippen LogP contribution in [-0.2, 0) is 17.8 Å². The lowest BCUT2D eigenvalue weighted by molar-refractivity contribution is -0.384. The van der Waals surface area contributed by atoms with Crippen LogP contribution in [0.5, 0.6) is 0 Å². The zero-order chi connectivity index (χ0) is 28.5. The van der Waals surface area contributed by atoms with E-state index in [0.29, 0.717) is 32.6 Å². The van der Waals surface area contributed by atoms with E-state index in [1.807, 2.05) is 39.8 Å². The number of pyridine rings is 1. The first-order valence-electron chi connectivity index (χ1n) is 14.7. The van der Waals surface area contributed by atoms with E-state index in [4.69, 9.17) is 0 Å². The van der Waals surface area contributed by atoms with Gasteiger partial charge < -0.3 is 19.4 Å². The highest BCUT2D eigenvalue weighted by Crippen LogP contribution is 2.48. The summed E-state index contributed by atoms with van der Waals surface area (Å²) in [5.74, 6) is 0.0636. The van der Waals surface area contributed by atoms with Crippen LogP contribution >= 0.6 is 0 Å². The number of carbonyl (C=O) groups excluding carboxylic acids is 1. The maximum absolute atomic E-state index is 14.4. The number of anilines is 1. The standard InChI is InChI=1S/C33H31N5O4/c39-31-7-3-6-29-22-14-23(19-36(29)31)32-26(16-21-15-24(38(41)42)8-9-30(21)37(32)18-22)33(40)35-12-10-20(11-13-35)27-17-34-28-5-2-1-4-25(27)28/h1-10,15,17,22-23,26,32,34H,11-14,16,18-19H2/t22-,23+,26+,32-/m0/s1. The highest BCUT2D eigenvalue weighted by Gasteiger charge is 2.50. The smallest absolute Gasteiger partial charge is 0.269 e. The van der Waals surface area contributed by atoms with Gasteiger partial charge in [0.15, 0.2) is 0 Å². The van der Waals surface area contributed by atoms with Crippen LogP contribution in [0, 0.1) is 22.0 Å². The van der Waals surface area contributed by atoms with Gasteiger partial charge in [-0.05, 0) is 54.5 Å². The van der Waals surface area contributed by atoms with E-state index in [9.17, 15) is 19.7 Å². The van der Waals surface area contributed by atoms with Crippen molar-refractivity contribution in [3.8, 4) is 0 Å². The first-order chi connectivity index (χ1) is 20.5. The summed E-state index contributed by atoms with van der Waals surface area (Å²) in [6.07, 6.45) is 6.39. The predicted octanol–water partition coefficient (Wildman–Crippen LogP) is 4.72. The van der Waals surface area contributed by atoms with Crippen LogP contribution < -0.4 is 10.5 Å². The van der Waals surface area contributed by atoms with Gasteiger partial charge in [0.25, 0.3) is 11.2 Å². The van der Waals surface area contributed by atoms with Crippen molar-refractivity contribution >= 4 is 33.8 Å². The average Bonchev–Trinajstić information content (AvgIpc) is 3.45. The number of nitrogens with one attached hydrogen (secondary N) is 1. The van der Waals surface area contributed by atoms with Gasteiger partial charge in [0.1, 0.15) is 0 Å². The summed E-state index contributed by atoms with van der Waals surface area (Å²) >= 11 is 0. The maximum Gasteiger partial charge on any atom is 0.269 e. The molecule has 9 nitrogen and oxygen atoms in total. The van der Waals surface area contributed by atoms with Crippen LogP contribution in [-0.4, -0.2) is 51.0 Å². The van der Waals surface area contributed by atoms with Gasteiger partial charge in [-0.3, -0.25) is 19.7 Å². The number of rotatable bonds is 3. The summed E-state index contributed by atoms with van der Waals surface area (Å²) in [5, 5.41) is 12.8. The largest absolute Gasteiger partial charge is 0.366 e. The van der Waals surface area contributed by atoms with Gasteiger partial charge in [-0.2, -0.15) is 0 Å². The van der Waals surface area contributed by atoms with E-state index in [2.05, 4.69) is 34.3 Å². The lowest BCUT2D eigenvalue weighted by atomic mass is 9.69.